The van der Waals surface area contributed by atoms with Crippen LogP contribution in [0.4, 0.5) is 0 Å². The van der Waals surface area contributed by atoms with Crippen molar-refractivity contribution in [1.82, 2.24) is 14.9 Å². The topological polar surface area (TPSA) is 104 Å². The van der Waals surface area contributed by atoms with Crippen LogP contribution in [0, 0.1) is 0 Å². The van der Waals surface area contributed by atoms with Gasteiger partial charge in [0.25, 0.3) is 5.91 Å². The number of carboxylic acid groups (broad SMARTS) is 1. The van der Waals surface area contributed by atoms with E-state index in [9.17, 15) is 19.5 Å². The molecule has 1 atom stereocenters. The number of aliphatic carboxylic acids is 1. The monoisotopic (exact) mass is 375 g/mol. The molecule has 2 aliphatic rings. The number of aromatic amines is 1. The Balaban J connectivity index is 1.64. The van der Waals surface area contributed by atoms with Crippen molar-refractivity contribution < 1.29 is 14.7 Å². The fraction of sp³-hybridized carbons (Fsp3) is 0.500. The summed E-state index contributed by atoms with van der Waals surface area (Å²) in [6, 6.07) is 5.28. The molecule has 1 aliphatic carbocycles. The number of aromatic nitrogens is 2. The summed E-state index contributed by atoms with van der Waals surface area (Å²) in [6.45, 7) is 0. The molecule has 1 saturated carbocycles. The van der Waals surface area contributed by atoms with E-state index in [0.29, 0.717) is 29.0 Å². The third-order valence-electron chi connectivity index (χ3n) is 5.45. The van der Waals surface area contributed by atoms with Gasteiger partial charge in [0.2, 0.25) is 0 Å². The first kappa shape index (κ1) is 17.2. The molecule has 0 spiro atoms. The number of H-pyrrole nitrogens is 1. The van der Waals surface area contributed by atoms with Gasteiger partial charge in [-0.1, -0.05) is 12.8 Å². The quantitative estimate of drug-likeness (QED) is 0.759. The van der Waals surface area contributed by atoms with E-state index in [4.69, 9.17) is 0 Å². The molecule has 138 valence electrons. The Kier molecular flexibility index (Phi) is 4.30. The number of imidazole rings is 1. The number of carbonyl (C=O) groups is 2. The van der Waals surface area contributed by atoms with Crippen LogP contribution in [0.1, 0.15) is 48.5 Å². The van der Waals surface area contributed by atoms with E-state index in [-0.39, 0.29) is 11.7 Å². The van der Waals surface area contributed by atoms with Crippen LogP contribution >= 0.6 is 11.8 Å². The van der Waals surface area contributed by atoms with Crippen molar-refractivity contribution >= 4 is 34.7 Å². The Labute approximate surface area is 154 Å². The number of hydrogen-bond acceptors (Lipinski definition) is 4. The molecule has 1 amide bonds. The summed E-state index contributed by atoms with van der Waals surface area (Å²) < 4.78 is 1.79. The third kappa shape index (κ3) is 2.82. The standard InChI is InChI=1S/C18H21N3O4S/c22-15(20-18(16(23)24)7-8-26-10-18)11-5-6-14-13(9-11)19-17(25)21(14)12-3-1-2-4-12/h5-6,9,12H,1-4,7-8,10H2,(H,19,25)(H,20,22)(H,23,24). The summed E-state index contributed by atoms with van der Waals surface area (Å²) in [6.07, 6.45) is 4.65. The highest BCUT2D eigenvalue weighted by Crippen LogP contribution is 2.31. The fourth-order valence-electron chi connectivity index (χ4n) is 3.97. The molecule has 1 unspecified atom stereocenters. The number of fused-ring (bicyclic) bond motifs is 1. The lowest BCUT2D eigenvalue weighted by molar-refractivity contribution is -0.143. The van der Waals surface area contributed by atoms with Gasteiger partial charge in [-0.15, -0.1) is 0 Å². The number of carboxylic acids is 1. The number of thioether (sulfide) groups is 1. The van der Waals surface area contributed by atoms with Gasteiger partial charge in [-0.05, 0) is 43.2 Å². The predicted octanol–water partition coefficient (Wildman–Crippen LogP) is 2.13. The zero-order valence-corrected chi connectivity index (χ0v) is 15.1. The summed E-state index contributed by atoms with van der Waals surface area (Å²) in [7, 11) is 0. The van der Waals surface area contributed by atoms with E-state index >= 15 is 0 Å². The highest BCUT2D eigenvalue weighted by atomic mass is 32.2. The lowest BCUT2D eigenvalue weighted by Gasteiger charge is -2.24. The maximum atomic E-state index is 12.6. The Hall–Kier alpha value is -2.22. The van der Waals surface area contributed by atoms with Gasteiger partial charge in [-0.25, -0.2) is 9.59 Å². The largest absolute Gasteiger partial charge is 0.479 e. The number of rotatable bonds is 4. The molecule has 8 heteroatoms. The van der Waals surface area contributed by atoms with Crippen molar-refractivity contribution in [3.8, 4) is 0 Å². The van der Waals surface area contributed by atoms with E-state index < -0.39 is 17.4 Å². The minimum Gasteiger partial charge on any atom is -0.479 e. The van der Waals surface area contributed by atoms with Gasteiger partial charge < -0.3 is 15.4 Å². The van der Waals surface area contributed by atoms with Gasteiger partial charge >= 0.3 is 11.7 Å². The van der Waals surface area contributed by atoms with E-state index in [2.05, 4.69) is 10.3 Å². The van der Waals surface area contributed by atoms with Crippen LogP contribution in [0.5, 0.6) is 0 Å². The number of carbonyl (C=O) groups excluding carboxylic acids is 1. The Bertz CT molecular complexity index is 920. The second kappa shape index (κ2) is 6.50. The van der Waals surface area contributed by atoms with Gasteiger partial charge in [-0.2, -0.15) is 11.8 Å². The van der Waals surface area contributed by atoms with Crippen molar-refractivity contribution in [2.45, 2.75) is 43.7 Å². The van der Waals surface area contributed by atoms with Crippen LogP contribution in [0.15, 0.2) is 23.0 Å². The Morgan fingerprint density at radius 3 is 2.73 bits per heavy atom. The number of hydrogen-bond donors (Lipinski definition) is 3. The van der Waals surface area contributed by atoms with Crippen LogP contribution in [-0.2, 0) is 4.79 Å². The zero-order chi connectivity index (χ0) is 18.3. The number of nitrogens with zero attached hydrogens (tertiary/aromatic N) is 1. The molecule has 1 aromatic carbocycles. The molecule has 4 rings (SSSR count). The molecule has 1 saturated heterocycles. The van der Waals surface area contributed by atoms with Gasteiger partial charge in [0, 0.05) is 17.4 Å². The Morgan fingerprint density at radius 1 is 1.31 bits per heavy atom. The SMILES string of the molecule is O=C(NC1(C(=O)O)CCSC1)c1ccc2c(c1)[nH]c(=O)n2C1CCCC1. The highest BCUT2D eigenvalue weighted by Gasteiger charge is 2.43. The van der Waals surface area contributed by atoms with Gasteiger partial charge in [0.05, 0.1) is 11.0 Å². The molecule has 7 nitrogen and oxygen atoms in total. The van der Waals surface area contributed by atoms with Gasteiger partial charge in [0.1, 0.15) is 5.54 Å². The van der Waals surface area contributed by atoms with Crippen molar-refractivity contribution in [3.63, 3.8) is 0 Å². The predicted molar refractivity (Wildman–Crippen MR) is 99.8 cm³/mol. The average Bonchev–Trinajstić information content (AvgIpc) is 3.33. The lowest BCUT2D eigenvalue weighted by atomic mass is 9.98. The first-order chi connectivity index (χ1) is 12.5. The zero-order valence-electron chi connectivity index (χ0n) is 14.3. The van der Waals surface area contributed by atoms with Gasteiger partial charge in [0.15, 0.2) is 0 Å². The fourth-order valence-corrected chi connectivity index (χ4v) is 5.30. The third-order valence-corrected chi connectivity index (χ3v) is 6.64. The molecule has 0 bridgehead atoms. The molecule has 26 heavy (non-hydrogen) atoms. The summed E-state index contributed by atoms with van der Waals surface area (Å²) in [5.41, 5.74) is 0.399. The van der Waals surface area contributed by atoms with Crippen LogP contribution < -0.4 is 11.0 Å². The number of amides is 1. The van der Waals surface area contributed by atoms with Crippen LogP contribution in [0.2, 0.25) is 0 Å². The molecule has 2 fully saturated rings. The van der Waals surface area contributed by atoms with Gasteiger partial charge in [-0.3, -0.25) is 9.36 Å². The van der Waals surface area contributed by atoms with Crippen molar-refractivity contribution in [3.05, 3.63) is 34.2 Å². The molecule has 1 aliphatic heterocycles. The van der Waals surface area contributed by atoms with Crippen LogP contribution in [-0.4, -0.2) is 43.6 Å². The maximum absolute atomic E-state index is 12.6. The van der Waals surface area contributed by atoms with Crippen LogP contribution in [0.25, 0.3) is 11.0 Å². The summed E-state index contributed by atoms with van der Waals surface area (Å²) in [5, 5.41) is 12.2. The number of nitrogens with one attached hydrogen (secondary N) is 2. The second-order valence-electron chi connectivity index (χ2n) is 7.11. The average molecular weight is 375 g/mol. The van der Waals surface area contributed by atoms with E-state index in [0.717, 1.165) is 31.2 Å². The molecule has 1 aromatic heterocycles. The molecule has 3 N–H and O–H groups in total. The summed E-state index contributed by atoms with van der Waals surface area (Å²) in [5.74, 6) is -0.349. The minimum absolute atomic E-state index is 0.154. The maximum Gasteiger partial charge on any atom is 0.330 e. The van der Waals surface area contributed by atoms with E-state index in [1.54, 1.807) is 22.8 Å². The number of benzene rings is 1. The second-order valence-corrected chi connectivity index (χ2v) is 8.22. The van der Waals surface area contributed by atoms with E-state index in [1.807, 2.05) is 0 Å². The minimum atomic E-state index is -1.21. The molecule has 0 radical (unpaired) electrons. The molecule has 2 aromatic rings. The van der Waals surface area contributed by atoms with E-state index in [1.165, 1.54) is 11.8 Å². The molecular formula is C18H21N3O4S. The van der Waals surface area contributed by atoms with Crippen molar-refractivity contribution in [2.75, 3.05) is 11.5 Å². The summed E-state index contributed by atoms with van der Waals surface area (Å²) in [4.78, 5) is 39.4. The Morgan fingerprint density at radius 2 is 2.08 bits per heavy atom. The highest BCUT2D eigenvalue weighted by molar-refractivity contribution is 7.99. The normalized spacial score (nSPS) is 23.5. The molecule has 2 heterocycles. The van der Waals surface area contributed by atoms with Crippen molar-refractivity contribution in [1.29, 1.82) is 0 Å². The lowest BCUT2D eigenvalue weighted by Crippen LogP contribution is -2.54. The first-order valence-corrected chi connectivity index (χ1v) is 10.0. The van der Waals surface area contributed by atoms with Crippen LogP contribution in [0.3, 0.4) is 0 Å². The smallest absolute Gasteiger partial charge is 0.330 e. The first-order valence-electron chi connectivity index (χ1n) is 8.88. The summed E-state index contributed by atoms with van der Waals surface area (Å²) >= 11 is 1.52. The van der Waals surface area contributed by atoms with Crippen molar-refractivity contribution in [2.24, 2.45) is 0 Å². The molecular weight excluding hydrogens is 354 g/mol.